The van der Waals surface area contributed by atoms with Crippen LogP contribution >= 0.6 is 11.3 Å². The largest absolute Gasteiger partial charge is 0.425 e. The minimum Gasteiger partial charge on any atom is -0.386 e. The molecule has 1 unspecified atom stereocenters. The van der Waals surface area contributed by atoms with Crippen molar-refractivity contribution in [3.63, 3.8) is 0 Å². The molecule has 2 aliphatic rings. The lowest BCUT2D eigenvalue weighted by Gasteiger charge is -2.47. The molecule has 7 nitrogen and oxygen atoms in total. The van der Waals surface area contributed by atoms with Crippen LogP contribution in [0.3, 0.4) is 0 Å². The Hall–Kier alpha value is -1.91. The third-order valence-corrected chi connectivity index (χ3v) is 8.36. The number of alkyl halides is 3. The van der Waals surface area contributed by atoms with Gasteiger partial charge in [-0.1, -0.05) is 5.92 Å². The number of thiophene rings is 1. The van der Waals surface area contributed by atoms with Crippen LogP contribution in [0.4, 0.5) is 13.2 Å². The van der Waals surface area contributed by atoms with Gasteiger partial charge in [0, 0.05) is 48.0 Å². The highest BCUT2D eigenvalue weighted by molar-refractivity contribution is 7.90. The summed E-state index contributed by atoms with van der Waals surface area (Å²) in [6, 6.07) is 0.634. The van der Waals surface area contributed by atoms with Crippen molar-refractivity contribution in [1.82, 2.24) is 14.7 Å². The second-order valence-electron chi connectivity index (χ2n) is 8.56. The van der Waals surface area contributed by atoms with E-state index in [1.54, 1.807) is 17.1 Å². The molecule has 4 rings (SSSR count). The van der Waals surface area contributed by atoms with E-state index in [4.69, 9.17) is 11.2 Å². The number of aliphatic hydroxyl groups is 1. The third-order valence-electron chi connectivity index (χ3n) is 6.05. The molecule has 2 aromatic rings. The number of halogens is 3. The number of aromatic nitrogens is 2. The van der Waals surface area contributed by atoms with Crippen LogP contribution in [-0.4, -0.2) is 59.4 Å². The van der Waals surface area contributed by atoms with Gasteiger partial charge in [0.25, 0.3) is 0 Å². The number of aliphatic hydroxyl groups excluding tert-OH is 1. The van der Waals surface area contributed by atoms with E-state index in [2.05, 4.69) is 11.0 Å². The number of piperidine rings is 1. The smallest absolute Gasteiger partial charge is 0.386 e. The maximum absolute atomic E-state index is 13.3. The molecule has 1 spiro atoms. The molecule has 2 aromatic heterocycles. The van der Waals surface area contributed by atoms with Crippen LogP contribution in [-0.2, 0) is 39.4 Å². The first kappa shape index (κ1) is 24.2. The number of rotatable bonds is 5. The molecular formula is C21H24F3N3O4S2. The number of aryl methyl sites for hydroxylation is 1. The van der Waals surface area contributed by atoms with Crippen LogP contribution in [0.25, 0.3) is 0 Å². The lowest BCUT2D eigenvalue weighted by molar-refractivity contribution is -0.136. The molecule has 33 heavy (non-hydrogen) atoms. The number of hydrogen-bond acceptors (Lipinski definition) is 7. The van der Waals surface area contributed by atoms with Gasteiger partial charge in [0.05, 0.1) is 31.1 Å². The van der Waals surface area contributed by atoms with Gasteiger partial charge in [0.1, 0.15) is 26.4 Å². The molecule has 12 heteroatoms. The fourth-order valence-electron chi connectivity index (χ4n) is 4.36. The molecule has 0 radical (unpaired) electrons. The van der Waals surface area contributed by atoms with Gasteiger partial charge in [-0.25, -0.2) is 8.42 Å². The normalized spacial score (nSPS) is 26.3. The Kier molecular flexibility index (Phi) is 6.39. The molecule has 0 aromatic carbocycles. The Bertz CT molecular complexity index is 1170. The molecule has 3 atom stereocenters. The zero-order chi connectivity index (χ0) is 24.0. The first-order valence-corrected chi connectivity index (χ1v) is 13.2. The van der Waals surface area contributed by atoms with Gasteiger partial charge in [-0.15, -0.1) is 17.8 Å². The summed E-state index contributed by atoms with van der Waals surface area (Å²) in [4.78, 5) is 1.69. The van der Waals surface area contributed by atoms with Crippen molar-refractivity contribution in [2.24, 2.45) is 0 Å². The highest BCUT2D eigenvalue weighted by atomic mass is 32.2. The predicted octanol–water partition coefficient (Wildman–Crippen LogP) is 2.56. The topological polar surface area (TPSA) is 84.7 Å². The molecule has 1 fully saturated rings. The van der Waals surface area contributed by atoms with Crippen molar-refractivity contribution >= 4 is 21.2 Å². The highest BCUT2D eigenvalue weighted by Gasteiger charge is 2.49. The Morgan fingerprint density at radius 1 is 1.45 bits per heavy atom. The van der Waals surface area contributed by atoms with Crippen LogP contribution in [0.2, 0.25) is 0 Å². The van der Waals surface area contributed by atoms with E-state index in [-0.39, 0.29) is 24.5 Å². The minimum atomic E-state index is -4.49. The fraction of sp³-hybridized carbons (Fsp3) is 0.571. The van der Waals surface area contributed by atoms with E-state index < -0.39 is 38.6 Å². The van der Waals surface area contributed by atoms with Crippen LogP contribution in [0.1, 0.15) is 39.8 Å². The van der Waals surface area contributed by atoms with Gasteiger partial charge in [-0.2, -0.15) is 18.3 Å². The van der Waals surface area contributed by atoms with Crippen LogP contribution in [0, 0.1) is 12.3 Å². The molecule has 0 bridgehead atoms. The third kappa shape index (κ3) is 5.12. The van der Waals surface area contributed by atoms with E-state index in [0.29, 0.717) is 42.1 Å². The van der Waals surface area contributed by atoms with Crippen molar-refractivity contribution < 1.29 is 31.4 Å². The summed E-state index contributed by atoms with van der Waals surface area (Å²) >= 11 is 0.620. The molecule has 0 saturated carbocycles. The predicted molar refractivity (Wildman–Crippen MR) is 116 cm³/mol. The molecular weight excluding hydrogens is 479 g/mol. The van der Waals surface area contributed by atoms with Gasteiger partial charge >= 0.3 is 6.18 Å². The Morgan fingerprint density at radius 2 is 2.21 bits per heavy atom. The average Bonchev–Trinajstić information content (AvgIpc) is 3.38. The van der Waals surface area contributed by atoms with E-state index in [9.17, 15) is 26.7 Å². The molecule has 1 N–H and O–H groups in total. The number of hydrogen-bond donors (Lipinski definition) is 1. The van der Waals surface area contributed by atoms with E-state index in [1.165, 1.54) is 6.26 Å². The zero-order valence-electron chi connectivity index (χ0n) is 17.9. The van der Waals surface area contributed by atoms with Crippen molar-refractivity contribution in [2.45, 2.75) is 49.9 Å². The first-order chi connectivity index (χ1) is 15.4. The summed E-state index contributed by atoms with van der Waals surface area (Å²) in [6.45, 7) is 1.13. The molecule has 2 aliphatic heterocycles. The van der Waals surface area contributed by atoms with Gasteiger partial charge in [0.2, 0.25) is 0 Å². The lowest BCUT2D eigenvalue weighted by Crippen LogP contribution is -2.50. The molecule has 0 aliphatic carbocycles. The van der Waals surface area contributed by atoms with Crippen LogP contribution < -0.4 is 0 Å². The monoisotopic (exact) mass is 503 g/mol. The van der Waals surface area contributed by atoms with Gasteiger partial charge < -0.3 is 9.84 Å². The van der Waals surface area contributed by atoms with Gasteiger partial charge in [0.15, 0.2) is 0 Å². The van der Waals surface area contributed by atoms with Crippen LogP contribution in [0.15, 0.2) is 18.5 Å². The van der Waals surface area contributed by atoms with Crippen molar-refractivity contribution in [1.29, 1.82) is 0 Å². The Labute approximate surface area is 194 Å². The molecule has 180 valence electrons. The second kappa shape index (κ2) is 8.70. The maximum Gasteiger partial charge on any atom is 0.425 e. The van der Waals surface area contributed by atoms with Crippen molar-refractivity contribution in [3.8, 4) is 12.3 Å². The van der Waals surface area contributed by atoms with Crippen LogP contribution in [0.5, 0.6) is 0 Å². The lowest BCUT2D eigenvalue weighted by atomic mass is 9.81. The first-order valence-electron chi connectivity index (χ1n) is 10.3. The maximum atomic E-state index is 13.3. The van der Waals surface area contributed by atoms with E-state index in [1.807, 2.05) is 4.90 Å². The number of terminal acetylenes is 1. The summed E-state index contributed by atoms with van der Waals surface area (Å²) in [7, 11) is -3.10. The Morgan fingerprint density at radius 3 is 2.88 bits per heavy atom. The number of likely N-dealkylation sites (tertiary alicyclic amines) is 1. The quantitative estimate of drug-likeness (QED) is 0.632. The summed E-state index contributed by atoms with van der Waals surface area (Å²) in [5.74, 6) is 2.72. The van der Waals surface area contributed by atoms with Gasteiger partial charge in [-0.3, -0.25) is 9.58 Å². The van der Waals surface area contributed by atoms with Crippen molar-refractivity contribution in [3.05, 3.63) is 39.3 Å². The summed E-state index contributed by atoms with van der Waals surface area (Å²) in [5.41, 5.74) is 0.168. The summed E-state index contributed by atoms with van der Waals surface area (Å²) < 4.78 is 70.3. The average molecular weight is 504 g/mol. The van der Waals surface area contributed by atoms with E-state index >= 15 is 0 Å². The fourth-order valence-corrected chi connectivity index (χ4v) is 6.14. The molecule has 0 amide bonds. The number of fused-ring (bicyclic) bond motifs is 2. The summed E-state index contributed by atoms with van der Waals surface area (Å²) in [5, 5.41) is 14.4. The Balaban J connectivity index is 1.51. The summed E-state index contributed by atoms with van der Waals surface area (Å²) in [6.07, 6.45) is 5.54. The minimum absolute atomic E-state index is 0.0143. The van der Waals surface area contributed by atoms with Crippen molar-refractivity contribution in [2.75, 3.05) is 25.2 Å². The van der Waals surface area contributed by atoms with Gasteiger partial charge in [-0.05, 0) is 12.5 Å². The molecule has 1 saturated heterocycles. The number of nitrogens with zero attached hydrogens (tertiary/aromatic N) is 3. The SMILES string of the molecule is C#C[C@H]1C[C@@]2(CCN1Cc1cnn(CCS(C)(=O)=O)c1)OCC(O)c1cc(C(F)(F)F)sc12. The highest BCUT2D eigenvalue weighted by Crippen LogP contribution is 2.51. The number of ether oxygens (including phenoxy) is 1. The second-order valence-corrected chi connectivity index (χ2v) is 11.9. The number of sulfone groups is 1. The standard InChI is InChI=1S/C21H24F3N3O4S2/c1-3-15-9-20(19-16(17(28)13-31-20)8-18(32-19)21(22,23)24)4-5-26(15)11-14-10-25-27(12-14)6-7-33(2,29)30/h1,8,10,12,15,17,28H,4-7,9,11,13H2,2H3/t15-,17?,20+/m0/s1. The zero-order valence-corrected chi connectivity index (χ0v) is 19.5. The van der Waals surface area contributed by atoms with E-state index in [0.717, 1.165) is 11.6 Å². The molecule has 4 heterocycles.